The topological polar surface area (TPSA) is 85.8 Å². The maximum atomic E-state index is 13.1. The fourth-order valence-electron chi connectivity index (χ4n) is 3.76. The molecule has 0 aliphatic rings. The van der Waals surface area contributed by atoms with Gasteiger partial charge in [-0.15, -0.1) is 0 Å². The van der Waals surface area contributed by atoms with E-state index in [1.165, 1.54) is 19.3 Å². The quantitative estimate of drug-likeness (QED) is 0.321. The number of amides is 1. The number of nitrogens with two attached hydrogens (primary N) is 1. The molecule has 0 unspecified atom stereocenters. The van der Waals surface area contributed by atoms with Crippen molar-refractivity contribution < 1.29 is 4.79 Å². The number of anilines is 1. The van der Waals surface area contributed by atoms with Gasteiger partial charge < -0.3 is 11.1 Å². The van der Waals surface area contributed by atoms with Gasteiger partial charge in [-0.1, -0.05) is 60.7 Å². The highest BCUT2D eigenvalue weighted by Crippen LogP contribution is 2.31. The number of rotatable bonds is 8. The van der Waals surface area contributed by atoms with Crippen LogP contribution in [0.3, 0.4) is 0 Å². The Morgan fingerprint density at radius 3 is 2.39 bits per heavy atom. The SMILES string of the molecule is CCCCCCCNC(=O)c1c(N)n(-c2ccc(Br)cc2)c2nc3ccccc3nc12. The molecule has 1 amide bonds. The lowest BCUT2D eigenvalue weighted by atomic mass is 10.1. The fourth-order valence-corrected chi connectivity index (χ4v) is 4.02. The summed E-state index contributed by atoms with van der Waals surface area (Å²) < 4.78 is 2.76. The lowest BCUT2D eigenvalue weighted by molar-refractivity contribution is 0.0955. The molecule has 0 bridgehead atoms. The second-order valence-corrected chi connectivity index (χ2v) is 8.54. The Bertz CT molecular complexity index is 1220. The molecule has 31 heavy (non-hydrogen) atoms. The highest BCUT2D eigenvalue weighted by atomic mass is 79.9. The van der Waals surface area contributed by atoms with Gasteiger partial charge in [0.05, 0.1) is 11.0 Å². The summed E-state index contributed by atoms with van der Waals surface area (Å²) in [6.45, 7) is 2.81. The van der Waals surface area contributed by atoms with Crippen molar-refractivity contribution in [2.24, 2.45) is 0 Å². The van der Waals surface area contributed by atoms with Crippen molar-refractivity contribution in [2.75, 3.05) is 12.3 Å². The Balaban J connectivity index is 1.75. The van der Waals surface area contributed by atoms with Crippen LogP contribution in [0, 0.1) is 0 Å². The van der Waals surface area contributed by atoms with E-state index >= 15 is 0 Å². The number of hydrogen-bond acceptors (Lipinski definition) is 4. The number of fused-ring (bicyclic) bond motifs is 2. The van der Waals surface area contributed by atoms with Crippen molar-refractivity contribution in [3.8, 4) is 5.69 Å². The van der Waals surface area contributed by atoms with E-state index in [2.05, 4.69) is 28.2 Å². The van der Waals surface area contributed by atoms with Gasteiger partial charge >= 0.3 is 0 Å². The second-order valence-electron chi connectivity index (χ2n) is 7.63. The van der Waals surface area contributed by atoms with Crippen molar-refractivity contribution in [3.05, 3.63) is 58.6 Å². The number of benzene rings is 2. The molecule has 4 aromatic rings. The average Bonchev–Trinajstić information content (AvgIpc) is 3.06. The van der Waals surface area contributed by atoms with Crippen LogP contribution < -0.4 is 11.1 Å². The third-order valence-corrected chi connectivity index (χ3v) is 5.90. The number of hydrogen-bond donors (Lipinski definition) is 2. The number of nitrogens with one attached hydrogen (secondary N) is 1. The molecule has 4 rings (SSSR count). The Morgan fingerprint density at radius 2 is 1.68 bits per heavy atom. The number of para-hydroxylation sites is 2. The zero-order valence-electron chi connectivity index (χ0n) is 17.6. The average molecular weight is 480 g/mol. The predicted molar refractivity (Wildman–Crippen MR) is 130 cm³/mol. The molecule has 160 valence electrons. The maximum Gasteiger partial charge on any atom is 0.257 e. The number of carbonyl (C=O) groups is 1. The van der Waals surface area contributed by atoms with E-state index in [1.54, 1.807) is 4.57 Å². The van der Waals surface area contributed by atoms with Crippen LogP contribution in [0.25, 0.3) is 27.9 Å². The summed E-state index contributed by atoms with van der Waals surface area (Å²) in [7, 11) is 0. The largest absolute Gasteiger partial charge is 0.384 e. The lowest BCUT2D eigenvalue weighted by Crippen LogP contribution is -2.25. The van der Waals surface area contributed by atoms with Crippen LogP contribution in [0.5, 0.6) is 0 Å². The third-order valence-electron chi connectivity index (χ3n) is 5.38. The van der Waals surface area contributed by atoms with Gasteiger partial charge in [0, 0.05) is 16.7 Å². The number of halogens is 1. The summed E-state index contributed by atoms with van der Waals surface area (Å²) in [6.07, 6.45) is 5.67. The van der Waals surface area contributed by atoms with Crippen LogP contribution >= 0.6 is 15.9 Å². The van der Waals surface area contributed by atoms with E-state index in [4.69, 9.17) is 15.7 Å². The van der Waals surface area contributed by atoms with Crippen LogP contribution in [0.15, 0.2) is 53.0 Å². The summed E-state index contributed by atoms with van der Waals surface area (Å²) in [5.74, 6) is 0.134. The van der Waals surface area contributed by atoms with Gasteiger partial charge in [0.1, 0.15) is 16.9 Å². The van der Waals surface area contributed by atoms with Gasteiger partial charge in [0.25, 0.3) is 5.91 Å². The van der Waals surface area contributed by atoms with Gasteiger partial charge in [-0.2, -0.15) is 0 Å². The zero-order valence-corrected chi connectivity index (χ0v) is 19.2. The monoisotopic (exact) mass is 479 g/mol. The molecule has 0 saturated carbocycles. The first kappa shape index (κ1) is 21.3. The molecule has 2 heterocycles. The van der Waals surface area contributed by atoms with E-state index in [9.17, 15) is 4.79 Å². The molecule has 0 atom stereocenters. The molecular weight excluding hydrogens is 454 g/mol. The van der Waals surface area contributed by atoms with Crippen molar-refractivity contribution >= 4 is 49.9 Å². The van der Waals surface area contributed by atoms with Crippen molar-refractivity contribution in [1.82, 2.24) is 19.9 Å². The zero-order chi connectivity index (χ0) is 21.8. The number of nitrogens with zero attached hydrogens (tertiary/aromatic N) is 3. The van der Waals surface area contributed by atoms with E-state index in [-0.39, 0.29) is 5.91 Å². The lowest BCUT2D eigenvalue weighted by Gasteiger charge is -2.08. The molecular formula is C24H26BrN5O. The molecule has 7 heteroatoms. The first-order chi connectivity index (χ1) is 15.1. The minimum absolute atomic E-state index is 0.210. The summed E-state index contributed by atoms with van der Waals surface area (Å²) >= 11 is 3.47. The Labute approximate surface area is 190 Å². The van der Waals surface area contributed by atoms with Gasteiger partial charge in [-0.3, -0.25) is 9.36 Å². The number of carbonyl (C=O) groups excluding carboxylic acids is 1. The molecule has 0 saturated heterocycles. The summed E-state index contributed by atoms with van der Waals surface area (Å²) in [5, 5.41) is 3.02. The second kappa shape index (κ2) is 9.47. The molecule has 0 aliphatic heterocycles. The van der Waals surface area contributed by atoms with Gasteiger partial charge in [0.2, 0.25) is 0 Å². The van der Waals surface area contributed by atoms with Gasteiger partial charge in [-0.25, -0.2) is 9.97 Å². The number of nitrogen functional groups attached to an aromatic ring is 1. The van der Waals surface area contributed by atoms with E-state index in [0.717, 1.165) is 34.0 Å². The first-order valence-electron chi connectivity index (χ1n) is 10.7. The van der Waals surface area contributed by atoms with E-state index in [1.807, 2.05) is 48.5 Å². The van der Waals surface area contributed by atoms with Gasteiger partial charge in [-0.05, 0) is 42.8 Å². The van der Waals surface area contributed by atoms with Crippen molar-refractivity contribution in [2.45, 2.75) is 39.0 Å². The number of unbranched alkanes of at least 4 members (excludes halogenated alkanes) is 4. The van der Waals surface area contributed by atoms with Crippen LogP contribution in [0.4, 0.5) is 5.82 Å². The minimum atomic E-state index is -0.210. The van der Waals surface area contributed by atoms with Crippen LogP contribution in [-0.2, 0) is 0 Å². The highest BCUT2D eigenvalue weighted by Gasteiger charge is 2.24. The predicted octanol–water partition coefficient (Wildman–Crippen LogP) is 5.62. The first-order valence-corrected chi connectivity index (χ1v) is 11.5. The normalized spacial score (nSPS) is 11.3. The van der Waals surface area contributed by atoms with Crippen LogP contribution in [-0.4, -0.2) is 27.0 Å². The maximum absolute atomic E-state index is 13.1. The Hall–Kier alpha value is -2.93. The third kappa shape index (κ3) is 4.42. The highest BCUT2D eigenvalue weighted by molar-refractivity contribution is 9.10. The van der Waals surface area contributed by atoms with E-state index in [0.29, 0.717) is 29.1 Å². The minimum Gasteiger partial charge on any atom is -0.384 e. The molecule has 2 aromatic heterocycles. The molecule has 3 N–H and O–H groups in total. The van der Waals surface area contributed by atoms with Gasteiger partial charge in [0.15, 0.2) is 5.65 Å². The molecule has 0 fully saturated rings. The van der Waals surface area contributed by atoms with Crippen molar-refractivity contribution in [1.29, 1.82) is 0 Å². The number of aromatic nitrogens is 3. The standard InChI is InChI=1S/C24H26BrN5O/c1-2-3-4-5-8-15-27-24(31)20-21-23(29-19-10-7-6-9-18(19)28-21)30(22(20)26)17-13-11-16(25)12-14-17/h6-7,9-14H,2-5,8,15,26H2,1H3,(H,27,31). The van der Waals surface area contributed by atoms with Crippen LogP contribution in [0.2, 0.25) is 0 Å². The molecule has 0 spiro atoms. The van der Waals surface area contributed by atoms with E-state index < -0.39 is 0 Å². The summed E-state index contributed by atoms with van der Waals surface area (Å²) in [4.78, 5) is 22.7. The van der Waals surface area contributed by atoms with Crippen LogP contribution in [0.1, 0.15) is 49.4 Å². The smallest absolute Gasteiger partial charge is 0.257 e. The summed E-state index contributed by atoms with van der Waals surface area (Å²) in [6, 6.07) is 15.4. The molecule has 0 aliphatic carbocycles. The Kier molecular flexibility index (Phi) is 6.51. The molecule has 6 nitrogen and oxygen atoms in total. The Morgan fingerprint density at radius 1 is 1.00 bits per heavy atom. The molecule has 0 radical (unpaired) electrons. The fraction of sp³-hybridized carbons (Fsp3) is 0.292. The van der Waals surface area contributed by atoms with Crippen molar-refractivity contribution in [3.63, 3.8) is 0 Å². The summed E-state index contributed by atoms with van der Waals surface area (Å²) in [5.41, 5.74) is 10.3. The molecule has 2 aromatic carbocycles.